The van der Waals surface area contributed by atoms with Crippen molar-refractivity contribution in [3.8, 4) is 0 Å². The molecule has 2 rings (SSSR count). The summed E-state index contributed by atoms with van der Waals surface area (Å²) in [5.74, 6) is 0.108. The minimum Gasteiger partial charge on any atom is -0.294 e. The zero-order chi connectivity index (χ0) is 12.3. The van der Waals surface area contributed by atoms with Crippen molar-refractivity contribution in [1.82, 2.24) is 0 Å². The molecule has 0 aromatic heterocycles. The van der Waals surface area contributed by atoms with Crippen LogP contribution in [0.4, 0.5) is 0 Å². The maximum Gasteiger partial charge on any atom is 0.167 e. The van der Waals surface area contributed by atoms with Crippen LogP contribution < -0.4 is 0 Å². The van der Waals surface area contributed by atoms with E-state index in [4.69, 9.17) is 11.6 Å². The average Bonchev–Trinajstić information content (AvgIpc) is 2.32. The van der Waals surface area contributed by atoms with Gasteiger partial charge in [0, 0.05) is 17.0 Å². The van der Waals surface area contributed by atoms with Crippen LogP contribution in [0.25, 0.3) is 0 Å². The summed E-state index contributed by atoms with van der Waals surface area (Å²) in [5.41, 5.74) is 2.65. The van der Waals surface area contributed by atoms with E-state index in [1.54, 1.807) is 0 Å². The lowest BCUT2D eigenvalue weighted by Gasteiger charge is -2.06. The molecule has 0 amide bonds. The van der Waals surface area contributed by atoms with E-state index in [1.807, 2.05) is 55.5 Å². The molecule has 2 heteroatoms. The third-order valence-corrected chi connectivity index (χ3v) is 3.12. The molecule has 0 bridgehead atoms. The Kier molecular flexibility index (Phi) is 3.60. The predicted molar refractivity (Wildman–Crippen MR) is 70.7 cm³/mol. The minimum atomic E-state index is 0.108. The van der Waals surface area contributed by atoms with Crippen molar-refractivity contribution >= 4 is 17.4 Å². The van der Waals surface area contributed by atoms with Gasteiger partial charge in [0.15, 0.2) is 5.78 Å². The van der Waals surface area contributed by atoms with Gasteiger partial charge in [0.2, 0.25) is 0 Å². The average molecular weight is 245 g/mol. The first-order chi connectivity index (χ1) is 8.18. The first-order valence-electron chi connectivity index (χ1n) is 5.50. The predicted octanol–water partition coefficient (Wildman–Crippen LogP) is 4.07. The zero-order valence-electron chi connectivity index (χ0n) is 9.61. The summed E-state index contributed by atoms with van der Waals surface area (Å²) in [7, 11) is 0. The molecule has 2 aromatic carbocycles. The smallest absolute Gasteiger partial charge is 0.167 e. The normalized spacial score (nSPS) is 10.2. The van der Waals surface area contributed by atoms with E-state index in [-0.39, 0.29) is 5.78 Å². The second-order valence-electron chi connectivity index (χ2n) is 4.01. The Hall–Kier alpha value is -1.60. The molecule has 0 saturated carbocycles. The molecule has 0 atom stereocenters. The van der Waals surface area contributed by atoms with E-state index >= 15 is 0 Å². The third kappa shape index (κ3) is 2.75. The Balaban J connectivity index is 2.24. The highest BCUT2D eigenvalue weighted by Gasteiger charge is 2.10. The molecular weight excluding hydrogens is 232 g/mol. The third-order valence-electron chi connectivity index (χ3n) is 2.75. The first-order valence-corrected chi connectivity index (χ1v) is 5.88. The summed E-state index contributed by atoms with van der Waals surface area (Å²) in [4.78, 5) is 12.1. The van der Waals surface area contributed by atoms with E-state index in [2.05, 4.69) is 0 Å². The number of rotatable bonds is 3. The lowest BCUT2D eigenvalue weighted by Crippen LogP contribution is -2.05. The van der Waals surface area contributed by atoms with Gasteiger partial charge in [0.05, 0.1) is 0 Å². The molecule has 0 aliphatic heterocycles. The fourth-order valence-corrected chi connectivity index (χ4v) is 2.00. The lowest BCUT2D eigenvalue weighted by atomic mass is 9.99. The van der Waals surface area contributed by atoms with Crippen LogP contribution in [0.15, 0.2) is 48.5 Å². The van der Waals surface area contributed by atoms with Crippen LogP contribution in [0.1, 0.15) is 21.5 Å². The molecule has 86 valence electrons. The summed E-state index contributed by atoms with van der Waals surface area (Å²) in [5, 5.41) is 0.648. The molecular formula is C15H13ClO. The van der Waals surface area contributed by atoms with E-state index in [0.29, 0.717) is 11.4 Å². The fourth-order valence-electron chi connectivity index (χ4n) is 1.80. The van der Waals surface area contributed by atoms with Gasteiger partial charge < -0.3 is 0 Å². The van der Waals surface area contributed by atoms with E-state index < -0.39 is 0 Å². The molecule has 2 aromatic rings. The Morgan fingerprint density at radius 1 is 1.06 bits per heavy atom. The Labute approximate surface area is 106 Å². The van der Waals surface area contributed by atoms with Gasteiger partial charge in [-0.15, -0.1) is 0 Å². The Bertz CT molecular complexity index is 546. The van der Waals surface area contributed by atoms with Gasteiger partial charge in [-0.3, -0.25) is 4.79 Å². The molecule has 0 aliphatic rings. The molecule has 0 saturated heterocycles. The summed E-state index contributed by atoms with van der Waals surface area (Å²) in [6.45, 7) is 1.94. The Morgan fingerprint density at radius 2 is 1.71 bits per heavy atom. The van der Waals surface area contributed by atoms with E-state index in [1.165, 1.54) is 0 Å². The fraction of sp³-hybridized carbons (Fsp3) is 0.133. The van der Waals surface area contributed by atoms with Crippen LogP contribution in [0.2, 0.25) is 5.02 Å². The second kappa shape index (κ2) is 5.15. The standard InChI is InChI=1S/C15H13ClO/c1-11-6-2-4-8-13(11)15(17)10-12-7-3-5-9-14(12)16/h2-9H,10H2,1H3. The summed E-state index contributed by atoms with van der Waals surface area (Å²) < 4.78 is 0. The molecule has 0 radical (unpaired) electrons. The van der Waals surface area contributed by atoms with Gasteiger partial charge in [-0.1, -0.05) is 54.1 Å². The van der Waals surface area contributed by atoms with E-state index in [9.17, 15) is 4.79 Å². The number of halogens is 1. The van der Waals surface area contributed by atoms with Crippen molar-refractivity contribution in [1.29, 1.82) is 0 Å². The number of Topliss-reactive ketones (excluding diaryl/α,β-unsaturated/α-hetero) is 1. The van der Waals surface area contributed by atoms with Crippen LogP contribution in [0.5, 0.6) is 0 Å². The van der Waals surface area contributed by atoms with Gasteiger partial charge in [-0.2, -0.15) is 0 Å². The van der Waals surface area contributed by atoms with Crippen molar-refractivity contribution < 1.29 is 4.79 Å². The van der Waals surface area contributed by atoms with Gasteiger partial charge in [0.25, 0.3) is 0 Å². The zero-order valence-corrected chi connectivity index (χ0v) is 10.4. The highest BCUT2D eigenvalue weighted by atomic mass is 35.5. The molecule has 0 unspecified atom stereocenters. The SMILES string of the molecule is Cc1ccccc1C(=O)Cc1ccccc1Cl. The highest BCUT2D eigenvalue weighted by molar-refractivity contribution is 6.31. The van der Waals surface area contributed by atoms with Crippen LogP contribution in [-0.2, 0) is 6.42 Å². The molecule has 0 N–H and O–H groups in total. The van der Waals surface area contributed by atoms with Crippen LogP contribution in [0, 0.1) is 6.92 Å². The van der Waals surface area contributed by atoms with Crippen molar-refractivity contribution in [3.05, 3.63) is 70.2 Å². The minimum absolute atomic E-state index is 0.108. The molecule has 0 aliphatic carbocycles. The van der Waals surface area contributed by atoms with Gasteiger partial charge in [0.1, 0.15) is 0 Å². The monoisotopic (exact) mass is 244 g/mol. The molecule has 1 nitrogen and oxygen atoms in total. The summed E-state index contributed by atoms with van der Waals surface area (Å²) in [6, 6.07) is 15.1. The van der Waals surface area contributed by atoms with Crippen molar-refractivity contribution in [2.24, 2.45) is 0 Å². The number of benzene rings is 2. The largest absolute Gasteiger partial charge is 0.294 e. The van der Waals surface area contributed by atoms with Crippen LogP contribution >= 0.6 is 11.6 Å². The van der Waals surface area contributed by atoms with Crippen molar-refractivity contribution in [2.75, 3.05) is 0 Å². The molecule has 0 heterocycles. The van der Waals surface area contributed by atoms with Crippen molar-refractivity contribution in [3.63, 3.8) is 0 Å². The first kappa shape index (κ1) is 11.9. The number of hydrogen-bond acceptors (Lipinski definition) is 1. The number of hydrogen-bond donors (Lipinski definition) is 0. The molecule has 0 fully saturated rings. The summed E-state index contributed by atoms with van der Waals surface area (Å²) in [6.07, 6.45) is 0.352. The topological polar surface area (TPSA) is 17.1 Å². The number of ketones is 1. The maximum atomic E-state index is 12.1. The number of carbonyl (C=O) groups is 1. The molecule has 17 heavy (non-hydrogen) atoms. The molecule has 0 spiro atoms. The van der Waals surface area contributed by atoms with E-state index in [0.717, 1.165) is 16.7 Å². The number of aryl methyl sites for hydroxylation is 1. The van der Waals surface area contributed by atoms with Gasteiger partial charge >= 0.3 is 0 Å². The lowest BCUT2D eigenvalue weighted by molar-refractivity contribution is 0.0992. The van der Waals surface area contributed by atoms with Crippen molar-refractivity contribution in [2.45, 2.75) is 13.3 Å². The second-order valence-corrected chi connectivity index (χ2v) is 4.41. The number of carbonyl (C=O) groups excluding carboxylic acids is 1. The van der Waals surface area contributed by atoms with Crippen LogP contribution in [0.3, 0.4) is 0 Å². The van der Waals surface area contributed by atoms with Gasteiger partial charge in [-0.05, 0) is 24.1 Å². The van der Waals surface area contributed by atoms with Crippen LogP contribution in [-0.4, -0.2) is 5.78 Å². The highest BCUT2D eigenvalue weighted by Crippen LogP contribution is 2.18. The maximum absolute atomic E-state index is 12.1. The quantitative estimate of drug-likeness (QED) is 0.744. The Morgan fingerprint density at radius 3 is 2.41 bits per heavy atom. The van der Waals surface area contributed by atoms with Gasteiger partial charge in [-0.25, -0.2) is 0 Å². The summed E-state index contributed by atoms with van der Waals surface area (Å²) >= 11 is 6.04.